The largest absolute Gasteiger partial charge is 0.480 e. The van der Waals surface area contributed by atoms with Crippen LogP contribution in [0.5, 0.6) is 0 Å². The summed E-state index contributed by atoms with van der Waals surface area (Å²) in [5.41, 5.74) is 1.72. The molecule has 2 N–H and O–H groups in total. The van der Waals surface area contributed by atoms with Crippen LogP contribution in [0.3, 0.4) is 0 Å². The van der Waals surface area contributed by atoms with Crippen molar-refractivity contribution in [2.75, 3.05) is 31.4 Å². The lowest BCUT2D eigenvalue weighted by Gasteiger charge is -2.24. The molecule has 2 rings (SSSR count). The van der Waals surface area contributed by atoms with Crippen molar-refractivity contribution in [3.8, 4) is 0 Å². The Labute approximate surface area is 163 Å². The van der Waals surface area contributed by atoms with E-state index in [9.17, 15) is 14.4 Å². The first-order valence-corrected chi connectivity index (χ1v) is 9.92. The Kier molecular flexibility index (Phi) is 7.26. The van der Waals surface area contributed by atoms with Gasteiger partial charge < -0.3 is 20.1 Å². The Morgan fingerprint density at radius 3 is 2.52 bits per heavy atom. The fourth-order valence-electron chi connectivity index (χ4n) is 2.66. The average Bonchev–Trinajstić information content (AvgIpc) is 3.09. The van der Waals surface area contributed by atoms with Crippen LogP contribution >= 0.6 is 11.8 Å². The third-order valence-corrected chi connectivity index (χ3v) is 5.23. The summed E-state index contributed by atoms with van der Waals surface area (Å²) in [7, 11) is 0. The van der Waals surface area contributed by atoms with Gasteiger partial charge in [-0.05, 0) is 23.1 Å². The molecule has 148 valence electrons. The number of carboxylic acid groups (broad SMARTS) is 1. The average molecular weight is 394 g/mol. The number of ether oxygens (including phenoxy) is 1. The zero-order chi connectivity index (χ0) is 20.0. The number of nitrogens with zero attached hydrogens (tertiary/aromatic N) is 1. The number of carboxylic acids is 1. The molecule has 1 aromatic rings. The van der Waals surface area contributed by atoms with E-state index in [1.54, 1.807) is 17.0 Å². The predicted octanol–water partition coefficient (Wildman–Crippen LogP) is 1.72. The van der Waals surface area contributed by atoms with Crippen LogP contribution in [-0.2, 0) is 19.7 Å². The molecule has 1 fully saturated rings. The van der Waals surface area contributed by atoms with Crippen molar-refractivity contribution in [2.24, 2.45) is 0 Å². The number of amides is 2. The van der Waals surface area contributed by atoms with Gasteiger partial charge in [-0.3, -0.25) is 9.59 Å². The highest BCUT2D eigenvalue weighted by Crippen LogP contribution is 2.25. The van der Waals surface area contributed by atoms with Crippen LogP contribution in [0.15, 0.2) is 24.3 Å². The molecule has 1 aliphatic rings. The summed E-state index contributed by atoms with van der Waals surface area (Å²) in [5.74, 6) is -0.467. The van der Waals surface area contributed by atoms with E-state index in [1.165, 1.54) is 11.8 Å². The van der Waals surface area contributed by atoms with Gasteiger partial charge >= 0.3 is 5.97 Å². The number of carbonyl (C=O) groups excluding carboxylic acids is 2. The number of aliphatic carboxylic acids is 1. The van der Waals surface area contributed by atoms with E-state index >= 15 is 0 Å². The van der Waals surface area contributed by atoms with Gasteiger partial charge in [0.1, 0.15) is 12.6 Å². The van der Waals surface area contributed by atoms with Crippen molar-refractivity contribution < 1.29 is 24.2 Å². The lowest BCUT2D eigenvalue weighted by molar-refractivity contribution is -0.142. The minimum Gasteiger partial charge on any atom is -0.480 e. The maximum atomic E-state index is 12.8. The van der Waals surface area contributed by atoms with Crippen molar-refractivity contribution in [3.05, 3.63) is 35.4 Å². The zero-order valence-corrected chi connectivity index (χ0v) is 16.7. The van der Waals surface area contributed by atoms with E-state index in [1.807, 2.05) is 12.1 Å². The highest BCUT2D eigenvalue weighted by Gasteiger charge is 2.35. The van der Waals surface area contributed by atoms with Crippen LogP contribution in [0.2, 0.25) is 0 Å². The normalized spacial score (nSPS) is 17.0. The van der Waals surface area contributed by atoms with E-state index in [0.717, 1.165) is 5.56 Å². The Hall–Kier alpha value is -2.06. The third-order valence-electron chi connectivity index (χ3n) is 4.21. The minimum atomic E-state index is -1.05. The molecule has 1 saturated heterocycles. The number of benzene rings is 1. The van der Waals surface area contributed by atoms with Crippen LogP contribution in [0.4, 0.5) is 0 Å². The molecule has 0 aromatic heterocycles. The number of nitrogens with one attached hydrogen (secondary N) is 1. The second-order valence-corrected chi connectivity index (χ2v) is 8.36. The van der Waals surface area contributed by atoms with Gasteiger partial charge in [-0.1, -0.05) is 32.9 Å². The highest BCUT2D eigenvalue weighted by atomic mass is 32.2. The lowest BCUT2D eigenvalue weighted by Crippen LogP contribution is -2.47. The van der Waals surface area contributed by atoms with Crippen molar-refractivity contribution in [2.45, 2.75) is 32.2 Å². The van der Waals surface area contributed by atoms with Crippen LogP contribution in [0.1, 0.15) is 36.7 Å². The van der Waals surface area contributed by atoms with Crippen molar-refractivity contribution in [1.82, 2.24) is 10.2 Å². The summed E-state index contributed by atoms with van der Waals surface area (Å²) in [4.78, 5) is 37.1. The molecule has 1 atom stereocenters. The van der Waals surface area contributed by atoms with Crippen LogP contribution < -0.4 is 5.32 Å². The lowest BCUT2D eigenvalue weighted by atomic mass is 9.86. The molecule has 0 radical (unpaired) electrons. The third kappa shape index (κ3) is 5.97. The summed E-state index contributed by atoms with van der Waals surface area (Å²) in [5, 5.41) is 11.2. The van der Waals surface area contributed by atoms with Gasteiger partial charge in [0.25, 0.3) is 5.91 Å². The van der Waals surface area contributed by atoms with Gasteiger partial charge in [-0.2, -0.15) is 0 Å². The molecule has 0 aliphatic carbocycles. The first-order valence-electron chi connectivity index (χ1n) is 8.76. The van der Waals surface area contributed by atoms with E-state index in [0.29, 0.717) is 17.2 Å². The molecule has 2 amide bonds. The monoisotopic (exact) mass is 394 g/mol. The van der Waals surface area contributed by atoms with Crippen LogP contribution in [-0.4, -0.2) is 65.2 Å². The molecule has 0 spiro atoms. The number of hydrogen-bond acceptors (Lipinski definition) is 5. The second-order valence-electron chi connectivity index (χ2n) is 7.36. The standard InChI is InChI=1S/C19H26N2O5S/c1-19(2,3)14-6-4-13(5-7-14)18(25)21-12-27-11-15(21)17(24)20-8-9-26-10-16(22)23/h4-7,15H,8-12H2,1-3H3,(H,20,24)(H,22,23). The van der Waals surface area contributed by atoms with E-state index in [-0.39, 0.29) is 30.4 Å². The van der Waals surface area contributed by atoms with Crippen molar-refractivity contribution >= 4 is 29.5 Å². The van der Waals surface area contributed by atoms with Crippen molar-refractivity contribution in [3.63, 3.8) is 0 Å². The van der Waals surface area contributed by atoms with E-state index in [2.05, 4.69) is 26.1 Å². The summed E-state index contributed by atoms with van der Waals surface area (Å²) >= 11 is 1.53. The number of thioether (sulfide) groups is 1. The van der Waals surface area contributed by atoms with Gasteiger partial charge in [0, 0.05) is 17.9 Å². The molecule has 0 bridgehead atoms. The Bertz CT molecular complexity index is 684. The van der Waals surface area contributed by atoms with Crippen LogP contribution in [0, 0.1) is 0 Å². The molecule has 8 heteroatoms. The number of hydrogen-bond donors (Lipinski definition) is 2. The smallest absolute Gasteiger partial charge is 0.329 e. The molecule has 1 aromatic carbocycles. The summed E-state index contributed by atoms with van der Waals surface area (Å²) in [6.45, 7) is 6.25. The molecular weight excluding hydrogens is 368 g/mol. The van der Waals surface area contributed by atoms with Crippen molar-refractivity contribution in [1.29, 1.82) is 0 Å². The predicted molar refractivity (Wildman–Crippen MR) is 104 cm³/mol. The molecule has 27 heavy (non-hydrogen) atoms. The summed E-state index contributed by atoms with van der Waals surface area (Å²) in [6, 6.07) is 6.97. The minimum absolute atomic E-state index is 0.0101. The fraction of sp³-hybridized carbons (Fsp3) is 0.526. The maximum Gasteiger partial charge on any atom is 0.329 e. The topological polar surface area (TPSA) is 95.9 Å². The van der Waals surface area contributed by atoms with Crippen LogP contribution in [0.25, 0.3) is 0 Å². The highest BCUT2D eigenvalue weighted by molar-refractivity contribution is 7.99. The molecule has 1 heterocycles. The van der Waals surface area contributed by atoms with Gasteiger partial charge in [0.15, 0.2) is 0 Å². The second kappa shape index (κ2) is 9.23. The number of rotatable bonds is 7. The Morgan fingerprint density at radius 1 is 1.26 bits per heavy atom. The Morgan fingerprint density at radius 2 is 1.93 bits per heavy atom. The van der Waals surface area contributed by atoms with Gasteiger partial charge in [-0.15, -0.1) is 11.8 Å². The summed E-state index contributed by atoms with van der Waals surface area (Å²) in [6.07, 6.45) is 0. The zero-order valence-electron chi connectivity index (χ0n) is 15.9. The van der Waals surface area contributed by atoms with E-state index < -0.39 is 18.6 Å². The number of carbonyl (C=O) groups is 3. The van der Waals surface area contributed by atoms with Gasteiger partial charge in [0.2, 0.25) is 5.91 Å². The first-order chi connectivity index (χ1) is 12.7. The van der Waals surface area contributed by atoms with Gasteiger partial charge in [-0.25, -0.2) is 4.79 Å². The van der Waals surface area contributed by atoms with E-state index in [4.69, 9.17) is 9.84 Å². The maximum absolute atomic E-state index is 12.8. The molecule has 7 nitrogen and oxygen atoms in total. The summed E-state index contributed by atoms with van der Waals surface area (Å²) < 4.78 is 4.89. The first kappa shape index (κ1) is 21.2. The molecule has 1 aliphatic heterocycles. The molecular formula is C19H26N2O5S. The fourth-order valence-corrected chi connectivity index (χ4v) is 3.82. The SMILES string of the molecule is CC(C)(C)c1ccc(C(=O)N2CSCC2C(=O)NCCOCC(=O)O)cc1. The Balaban J connectivity index is 1.93. The van der Waals surface area contributed by atoms with Gasteiger partial charge in [0.05, 0.1) is 12.5 Å². The molecule has 0 saturated carbocycles. The molecule has 1 unspecified atom stereocenters. The quantitative estimate of drug-likeness (QED) is 0.684.